The Bertz CT molecular complexity index is 858. The zero-order valence-corrected chi connectivity index (χ0v) is 18.4. The van der Waals surface area contributed by atoms with Crippen molar-refractivity contribution in [2.45, 2.75) is 44.7 Å². The van der Waals surface area contributed by atoms with Crippen molar-refractivity contribution >= 4 is 39.0 Å². The third-order valence-corrected chi connectivity index (χ3v) is 7.08. The minimum Gasteiger partial charge on any atom is -0.349 e. The molecule has 9 heteroatoms. The Hall–Kier alpha value is -1.42. The lowest BCUT2D eigenvalue weighted by Gasteiger charge is -2.20. The van der Waals surface area contributed by atoms with Gasteiger partial charge in [0.25, 0.3) is 0 Å². The van der Waals surface area contributed by atoms with Crippen LogP contribution in [0.25, 0.3) is 0 Å². The zero-order chi connectivity index (χ0) is 20.0. The molecule has 0 fully saturated rings. The number of amides is 1. The Morgan fingerprint density at radius 2 is 1.93 bits per heavy atom. The summed E-state index contributed by atoms with van der Waals surface area (Å²) in [5.41, 5.74) is 4.80. The van der Waals surface area contributed by atoms with E-state index in [4.69, 9.17) is 0 Å². The molecule has 0 unspecified atom stereocenters. The van der Waals surface area contributed by atoms with Crippen LogP contribution in [0.4, 0.5) is 0 Å². The number of benzene rings is 1. The van der Waals surface area contributed by atoms with E-state index >= 15 is 0 Å². The minimum absolute atomic E-state index is 0.245. The van der Waals surface area contributed by atoms with Crippen LogP contribution in [0.3, 0.4) is 0 Å². The van der Waals surface area contributed by atoms with E-state index in [0.29, 0.717) is 23.3 Å². The van der Waals surface area contributed by atoms with E-state index in [2.05, 4.69) is 15.0 Å². The number of carbonyl (C=O) groups is 1. The maximum atomic E-state index is 13.0. The van der Waals surface area contributed by atoms with Crippen molar-refractivity contribution < 1.29 is 13.2 Å². The molecule has 1 heterocycles. The molecule has 0 aliphatic heterocycles. The summed E-state index contributed by atoms with van der Waals surface area (Å²) in [6.45, 7) is 5.75. The van der Waals surface area contributed by atoms with Gasteiger partial charge < -0.3 is 5.32 Å². The van der Waals surface area contributed by atoms with Crippen molar-refractivity contribution in [2.75, 3.05) is 12.0 Å². The fraction of sp³-hybridized carbons (Fsp3) is 0.444. The molecule has 0 bridgehead atoms. The van der Waals surface area contributed by atoms with Gasteiger partial charge in [-0.05, 0) is 50.3 Å². The molecule has 0 spiro atoms. The number of sulfonamides is 1. The van der Waals surface area contributed by atoms with Gasteiger partial charge in [0.2, 0.25) is 15.9 Å². The fourth-order valence-electron chi connectivity index (χ4n) is 2.94. The van der Waals surface area contributed by atoms with Crippen molar-refractivity contribution in [2.24, 2.45) is 0 Å². The number of hydrogen-bond acceptors (Lipinski definition) is 6. The van der Waals surface area contributed by atoms with Crippen LogP contribution in [0.5, 0.6) is 0 Å². The van der Waals surface area contributed by atoms with Crippen molar-refractivity contribution in [3.63, 3.8) is 0 Å². The van der Waals surface area contributed by atoms with Gasteiger partial charge in [0.05, 0.1) is 22.6 Å². The summed E-state index contributed by atoms with van der Waals surface area (Å²) in [7, 11) is -3.82. The predicted octanol–water partition coefficient (Wildman–Crippen LogP) is 2.78. The lowest BCUT2D eigenvalue weighted by molar-refractivity contribution is -0.122. The van der Waals surface area contributed by atoms with Gasteiger partial charge in [0.15, 0.2) is 0 Å². The number of thiazole rings is 1. The zero-order valence-electron chi connectivity index (χ0n) is 15.9. The van der Waals surface area contributed by atoms with Crippen LogP contribution < -0.4 is 10.0 Å². The van der Waals surface area contributed by atoms with Gasteiger partial charge >= 0.3 is 0 Å². The second kappa shape index (κ2) is 9.68. The van der Waals surface area contributed by atoms with Crippen molar-refractivity contribution in [1.29, 1.82) is 0 Å². The third-order valence-electron chi connectivity index (χ3n) is 4.03. The number of hydrogen-bond donors (Lipinski definition) is 2. The van der Waals surface area contributed by atoms with E-state index in [0.717, 1.165) is 11.3 Å². The number of thioether (sulfide) groups is 1. The van der Waals surface area contributed by atoms with E-state index in [-0.39, 0.29) is 17.3 Å². The second-order valence-corrected chi connectivity index (χ2v) is 9.74. The molecule has 2 rings (SSSR count). The Balaban J connectivity index is 2.19. The van der Waals surface area contributed by atoms with E-state index in [1.807, 2.05) is 30.7 Å². The van der Waals surface area contributed by atoms with Crippen molar-refractivity contribution in [3.8, 4) is 0 Å². The quantitative estimate of drug-likeness (QED) is 0.642. The number of nitrogens with zero attached hydrogens (tertiary/aromatic N) is 1. The van der Waals surface area contributed by atoms with Crippen LogP contribution in [0.2, 0.25) is 0 Å². The maximum absolute atomic E-state index is 13.0. The first-order valence-corrected chi connectivity index (χ1v) is 12.3. The Kier molecular flexibility index (Phi) is 7.84. The van der Waals surface area contributed by atoms with Crippen molar-refractivity contribution in [1.82, 2.24) is 15.0 Å². The molecule has 0 aliphatic carbocycles. The number of rotatable bonds is 9. The molecule has 1 aromatic heterocycles. The summed E-state index contributed by atoms with van der Waals surface area (Å²) in [5, 5.41) is 4.62. The fourth-order valence-corrected chi connectivity index (χ4v) is 5.65. The molecule has 2 aromatic rings. The third kappa shape index (κ3) is 6.03. The van der Waals surface area contributed by atoms with E-state index in [9.17, 15) is 13.2 Å². The normalized spacial score (nSPS) is 12.7. The number of aromatic nitrogens is 1. The molecule has 0 saturated carbocycles. The molecule has 2 N–H and O–H groups in total. The highest BCUT2D eigenvalue weighted by atomic mass is 32.2. The summed E-state index contributed by atoms with van der Waals surface area (Å²) in [6, 6.07) is 2.84. The van der Waals surface area contributed by atoms with Crippen LogP contribution in [-0.4, -0.2) is 37.4 Å². The van der Waals surface area contributed by atoms with Gasteiger partial charge in [0.1, 0.15) is 6.04 Å². The van der Waals surface area contributed by atoms with Gasteiger partial charge in [-0.2, -0.15) is 16.5 Å². The van der Waals surface area contributed by atoms with E-state index in [1.54, 1.807) is 31.1 Å². The molecule has 0 aliphatic rings. The lowest BCUT2D eigenvalue weighted by Crippen LogP contribution is -2.47. The van der Waals surface area contributed by atoms with Gasteiger partial charge in [0, 0.05) is 5.38 Å². The molecule has 6 nitrogen and oxygen atoms in total. The first-order valence-electron chi connectivity index (χ1n) is 8.48. The van der Waals surface area contributed by atoms with Crippen LogP contribution in [0, 0.1) is 20.8 Å². The van der Waals surface area contributed by atoms with Gasteiger partial charge in [-0.1, -0.05) is 17.7 Å². The molecule has 27 heavy (non-hydrogen) atoms. The second-order valence-electron chi connectivity index (χ2n) is 6.38. The van der Waals surface area contributed by atoms with Crippen LogP contribution in [0.1, 0.15) is 28.8 Å². The summed E-state index contributed by atoms with van der Waals surface area (Å²) < 4.78 is 28.6. The first-order chi connectivity index (χ1) is 12.7. The highest BCUT2D eigenvalue weighted by Gasteiger charge is 2.27. The standard InChI is InChI=1S/C18H25N3O3S3/c1-12-7-13(2)17(14(3)8-12)27(23,24)21-16(5-6-25-4)18(22)19-9-15-10-26-11-20-15/h7-8,10-11,16,21H,5-6,9H2,1-4H3,(H,19,22)/t16-/m0/s1. The average Bonchev–Trinajstić information content (AvgIpc) is 3.08. The summed E-state index contributed by atoms with van der Waals surface area (Å²) >= 11 is 3.02. The largest absolute Gasteiger partial charge is 0.349 e. The summed E-state index contributed by atoms with van der Waals surface area (Å²) in [6.07, 6.45) is 2.33. The molecule has 0 radical (unpaired) electrons. The average molecular weight is 428 g/mol. The first kappa shape index (κ1) is 21.9. The van der Waals surface area contributed by atoms with Crippen molar-refractivity contribution in [3.05, 3.63) is 45.4 Å². The number of aryl methyl sites for hydroxylation is 3. The van der Waals surface area contributed by atoms with Crippen LogP contribution >= 0.6 is 23.1 Å². The summed E-state index contributed by atoms with van der Waals surface area (Å²) in [4.78, 5) is 17.0. The topological polar surface area (TPSA) is 88.2 Å². The van der Waals surface area contributed by atoms with E-state index < -0.39 is 16.1 Å². The van der Waals surface area contributed by atoms with Crippen LogP contribution in [-0.2, 0) is 21.4 Å². The highest BCUT2D eigenvalue weighted by molar-refractivity contribution is 7.98. The van der Waals surface area contributed by atoms with Gasteiger partial charge in [-0.3, -0.25) is 4.79 Å². The van der Waals surface area contributed by atoms with Crippen LogP contribution in [0.15, 0.2) is 27.9 Å². The molecular weight excluding hydrogens is 402 g/mol. The van der Waals surface area contributed by atoms with Gasteiger partial charge in [-0.25, -0.2) is 13.4 Å². The molecule has 1 atom stereocenters. The lowest BCUT2D eigenvalue weighted by atomic mass is 10.1. The Morgan fingerprint density at radius 3 is 2.48 bits per heavy atom. The number of carbonyl (C=O) groups excluding carboxylic acids is 1. The highest BCUT2D eigenvalue weighted by Crippen LogP contribution is 2.22. The molecule has 0 saturated heterocycles. The Labute approximate surface area is 169 Å². The number of nitrogens with one attached hydrogen (secondary N) is 2. The van der Waals surface area contributed by atoms with Gasteiger partial charge in [-0.15, -0.1) is 11.3 Å². The Morgan fingerprint density at radius 1 is 1.26 bits per heavy atom. The molecule has 148 valence electrons. The predicted molar refractivity (Wildman–Crippen MR) is 112 cm³/mol. The summed E-state index contributed by atoms with van der Waals surface area (Å²) in [5.74, 6) is 0.325. The smallest absolute Gasteiger partial charge is 0.241 e. The monoisotopic (exact) mass is 427 g/mol. The molecule has 1 amide bonds. The molecule has 1 aromatic carbocycles. The maximum Gasteiger partial charge on any atom is 0.241 e. The molecular formula is C18H25N3O3S3. The van der Waals surface area contributed by atoms with E-state index in [1.165, 1.54) is 11.3 Å². The minimum atomic E-state index is -3.82. The SMILES string of the molecule is CSCC[C@H](NS(=O)(=O)c1c(C)cc(C)cc1C)C(=O)NCc1cscn1.